The van der Waals surface area contributed by atoms with Crippen molar-refractivity contribution in [2.45, 2.75) is 19.4 Å². The lowest BCUT2D eigenvalue weighted by molar-refractivity contribution is -0.138. The van der Waals surface area contributed by atoms with Gasteiger partial charge < -0.3 is 15.2 Å². The van der Waals surface area contributed by atoms with E-state index >= 15 is 0 Å². The zero-order chi connectivity index (χ0) is 16.1. The Labute approximate surface area is 131 Å². The van der Waals surface area contributed by atoms with Crippen molar-refractivity contribution in [2.24, 2.45) is 0 Å². The van der Waals surface area contributed by atoms with Gasteiger partial charge in [0.05, 0.1) is 12.5 Å². The number of hydrogen-bond acceptors (Lipinski definition) is 5. The summed E-state index contributed by atoms with van der Waals surface area (Å²) in [7, 11) is 1.57. The van der Waals surface area contributed by atoms with E-state index in [2.05, 4.69) is 10.3 Å². The van der Waals surface area contributed by atoms with Gasteiger partial charge >= 0.3 is 5.97 Å². The summed E-state index contributed by atoms with van der Waals surface area (Å²) in [6, 6.07) is 6.72. The fourth-order valence-corrected chi connectivity index (χ4v) is 2.54. The Morgan fingerprint density at radius 1 is 1.36 bits per heavy atom. The van der Waals surface area contributed by atoms with Crippen LogP contribution >= 0.6 is 11.3 Å². The molecule has 0 bridgehead atoms. The number of aromatic nitrogens is 1. The second kappa shape index (κ2) is 7.15. The third-order valence-corrected chi connectivity index (χ3v) is 3.91. The molecule has 0 spiro atoms. The van der Waals surface area contributed by atoms with Gasteiger partial charge in [-0.15, -0.1) is 11.3 Å². The van der Waals surface area contributed by atoms with E-state index in [-0.39, 0.29) is 5.91 Å². The van der Waals surface area contributed by atoms with E-state index < -0.39 is 11.9 Å². The number of anilines is 1. The topological polar surface area (TPSA) is 88.5 Å². The first-order valence-electron chi connectivity index (χ1n) is 6.58. The predicted molar refractivity (Wildman–Crippen MR) is 83.3 cm³/mol. The van der Waals surface area contributed by atoms with Crippen molar-refractivity contribution < 1.29 is 19.4 Å². The number of amides is 1. The predicted octanol–water partition coefficient (Wildman–Crippen LogP) is 2.73. The Hall–Kier alpha value is -2.25. The molecule has 1 aromatic carbocycles. The number of carbonyl (C=O) groups is 2. The largest absolute Gasteiger partial charge is 0.481 e. The Bertz CT molecular complexity index is 666. The first-order valence-corrected chi connectivity index (χ1v) is 7.46. The number of carboxylic acid groups (broad SMARTS) is 1. The average molecular weight is 320 g/mol. The number of methoxy groups -OCH3 is 1. The second-order valence-electron chi connectivity index (χ2n) is 4.70. The molecule has 0 aliphatic heterocycles. The molecule has 6 nitrogen and oxygen atoms in total. The maximum atomic E-state index is 12.1. The third kappa shape index (κ3) is 3.90. The van der Waals surface area contributed by atoms with Crippen LogP contribution in [-0.4, -0.2) is 29.1 Å². The molecule has 7 heteroatoms. The third-order valence-electron chi connectivity index (χ3n) is 3.09. The average Bonchev–Trinajstić information content (AvgIpc) is 2.96. The molecule has 116 valence electrons. The number of carbonyl (C=O) groups excluding carboxylic acids is 1. The number of aliphatic carboxylic acids is 1. The molecule has 2 aromatic rings. The lowest BCUT2D eigenvalue weighted by Crippen LogP contribution is -2.13. The van der Waals surface area contributed by atoms with E-state index in [9.17, 15) is 9.59 Å². The van der Waals surface area contributed by atoms with Gasteiger partial charge in [-0.3, -0.25) is 9.59 Å². The molecule has 0 fully saturated rings. The summed E-state index contributed by atoms with van der Waals surface area (Å²) in [5, 5.41) is 14.1. The van der Waals surface area contributed by atoms with Crippen molar-refractivity contribution in [1.82, 2.24) is 4.98 Å². The van der Waals surface area contributed by atoms with Crippen molar-refractivity contribution in [1.29, 1.82) is 0 Å². The van der Waals surface area contributed by atoms with Crippen LogP contribution in [-0.2, 0) is 16.1 Å². The minimum absolute atomic E-state index is 0.308. The lowest BCUT2D eigenvalue weighted by Gasteiger charge is -2.08. The van der Waals surface area contributed by atoms with E-state index in [4.69, 9.17) is 9.84 Å². The molecule has 1 aromatic heterocycles. The lowest BCUT2D eigenvalue weighted by atomic mass is 10.0. The number of nitrogens with one attached hydrogen (secondary N) is 1. The van der Waals surface area contributed by atoms with Crippen LogP contribution in [0.3, 0.4) is 0 Å². The van der Waals surface area contributed by atoms with Crippen molar-refractivity contribution in [3.8, 4) is 0 Å². The molecular weight excluding hydrogens is 304 g/mol. The summed E-state index contributed by atoms with van der Waals surface area (Å²) < 4.78 is 4.96. The SMILES string of the molecule is COCc1nc(C(=O)Nc2ccc(C(C)C(=O)O)cc2)cs1. The molecule has 1 amide bonds. The van der Waals surface area contributed by atoms with Gasteiger partial charge in [-0.05, 0) is 24.6 Å². The molecule has 1 atom stereocenters. The minimum atomic E-state index is -0.884. The maximum absolute atomic E-state index is 12.1. The van der Waals surface area contributed by atoms with Gasteiger partial charge in [-0.2, -0.15) is 0 Å². The number of rotatable bonds is 6. The van der Waals surface area contributed by atoms with Crippen LogP contribution in [0.5, 0.6) is 0 Å². The minimum Gasteiger partial charge on any atom is -0.481 e. The Morgan fingerprint density at radius 3 is 2.64 bits per heavy atom. The van der Waals surface area contributed by atoms with Gasteiger partial charge in [0.25, 0.3) is 5.91 Å². The molecule has 0 saturated carbocycles. The van der Waals surface area contributed by atoms with Gasteiger partial charge in [-0.1, -0.05) is 12.1 Å². The highest BCUT2D eigenvalue weighted by molar-refractivity contribution is 7.09. The van der Waals surface area contributed by atoms with E-state index in [1.807, 2.05) is 0 Å². The van der Waals surface area contributed by atoms with Crippen LogP contribution in [0.25, 0.3) is 0 Å². The van der Waals surface area contributed by atoms with Gasteiger partial charge in [-0.25, -0.2) is 4.98 Å². The monoisotopic (exact) mass is 320 g/mol. The zero-order valence-electron chi connectivity index (χ0n) is 12.2. The molecule has 2 rings (SSSR count). The van der Waals surface area contributed by atoms with E-state index in [0.29, 0.717) is 23.6 Å². The molecule has 0 saturated heterocycles. The first-order chi connectivity index (χ1) is 10.5. The number of carboxylic acids is 1. The normalized spacial score (nSPS) is 11.9. The summed E-state index contributed by atoms with van der Waals surface area (Å²) in [6.07, 6.45) is 0. The van der Waals surface area contributed by atoms with Crippen molar-refractivity contribution in [2.75, 3.05) is 12.4 Å². The van der Waals surface area contributed by atoms with Crippen LogP contribution < -0.4 is 5.32 Å². The molecule has 0 aliphatic rings. The first kappa shape index (κ1) is 16.1. The van der Waals surface area contributed by atoms with Crippen LogP contribution in [0.2, 0.25) is 0 Å². The zero-order valence-corrected chi connectivity index (χ0v) is 13.0. The smallest absolute Gasteiger partial charge is 0.310 e. The van der Waals surface area contributed by atoms with E-state index in [0.717, 1.165) is 5.01 Å². The van der Waals surface area contributed by atoms with E-state index in [1.165, 1.54) is 11.3 Å². The van der Waals surface area contributed by atoms with Crippen molar-refractivity contribution >= 4 is 28.9 Å². The number of ether oxygens (including phenoxy) is 1. The van der Waals surface area contributed by atoms with Gasteiger partial charge in [0.1, 0.15) is 10.7 Å². The highest BCUT2D eigenvalue weighted by Crippen LogP contribution is 2.19. The summed E-state index contributed by atoms with van der Waals surface area (Å²) in [5.41, 5.74) is 1.61. The molecular formula is C15H16N2O4S. The van der Waals surface area contributed by atoms with Crippen molar-refractivity contribution in [3.05, 3.63) is 45.9 Å². The Morgan fingerprint density at radius 2 is 2.05 bits per heavy atom. The number of thiazole rings is 1. The summed E-state index contributed by atoms with van der Waals surface area (Å²) in [6.45, 7) is 1.99. The standard InChI is InChI=1S/C15H16N2O4S/c1-9(15(19)20)10-3-5-11(6-4-10)16-14(18)12-8-22-13(17-12)7-21-2/h3-6,8-9H,7H2,1-2H3,(H,16,18)(H,19,20). The maximum Gasteiger partial charge on any atom is 0.310 e. The summed E-state index contributed by atoms with van der Waals surface area (Å²) >= 11 is 1.36. The Balaban J connectivity index is 2.03. The van der Waals surface area contributed by atoms with Crippen molar-refractivity contribution in [3.63, 3.8) is 0 Å². The number of hydrogen-bond donors (Lipinski definition) is 2. The summed E-state index contributed by atoms with van der Waals surface area (Å²) in [5.74, 6) is -1.78. The van der Waals surface area contributed by atoms with Crippen LogP contribution in [0.4, 0.5) is 5.69 Å². The van der Waals surface area contributed by atoms with Crippen LogP contribution in [0.1, 0.15) is 33.9 Å². The second-order valence-corrected chi connectivity index (χ2v) is 5.64. The number of nitrogens with zero attached hydrogens (tertiary/aromatic N) is 1. The van der Waals surface area contributed by atoms with Gasteiger partial charge in [0.2, 0.25) is 0 Å². The highest BCUT2D eigenvalue weighted by Gasteiger charge is 2.14. The fraction of sp³-hybridized carbons (Fsp3) is 0.267. The van der Waals surface area contributed by atoms with E-state index in [1.54, 1.807) is 43.7 Å². The molecule has 0 aliphatic carbocycles. The van der Waals surface area contributed by atoms with Gasteiger partial charge in [0, 0.05) is 18.2 Å². The molecule has 1 heterocycles. The van der Waals surface area contributed by atoms with Crippen LogP contribution in [0, 0.1) is 0 Å². The fourth-order valence-electron chi connectivity index (χ4n) is 1.80. The summed E-state index contributed by atoms with van der Waals surface area (Å²) in [4.78, 5) is 27.1. The van der Waals surface area contributed by atoms with Gasteiger partial charge in [0.15, 0.2) is 0 Å². The van der Waals surface area contributed by atoms with Crippen LogP contribution in [0.15, 0.2) is 29.6 Å². The molecule has 2 N–H and O–H groups in total. The molecule has 0 radical (unpaired) electrons. The molecule has 22 heavy (non-hydrogen) atoms. The highest BCUT2D eigenvalue weighted by atomic mass is 32.1. The quantitative estimate of drug-likeness (QED) is 0.854. The molecule has 1 unspecified atom stereocenters. The number of benzene rings is 1. The Kier molecular flexibility index (Phi) is 5.24.